The van der Waals surface area contributed by atoms with Gasteiger partial charge in [-0.25, -0.2) is 18.7 Å². The van der Waals surface area contributed by atoms with Gasteiger partial charge in [-0.3, -0.25) is 9.59 Å². The summed E-state index contributed by atoms with van der Waals surface area (Å²) in [6.07, 6.45) is 1.75. The average Bonchev–Trinajstić information content (AvgIpc) is 2.60. The molecule has 2 rings (SSSR count). The van der Waals surface area contributed by atoms with Crippen LogP contribution in [-0.4, -0.2) is 77.4 Å². The van der Waals surface area contributed by atoms with Crippen molar-refractivity contribution in [1.29, 1.82) is 0 Å². The zero-order valence-electron chi connectivity index (χ0n) is 14.3. The van der Waals surface area contributed by atoms with Gasteiger partial charge in [-0.15, -0.1) is 0 Å². The highest BCUT2D eigenvalue weighted by atomic mass is 19.3. The van der Waals surface area contributed by atoms with Gasteiger partial charge in [-0.2, -0.15) is 0 Å². The molecule has 2 amide bonds. The Kier molecular flexibility index (Phi) is 6.74. The molecule has 0 radical (unpaired) electrons. The first-order chi connectivity index (χ1) is 11.9. The number of rotatable bonds is 6. The van der Waals surface area contributed by atoms with Crippen LogP contribution in [0.25, 0.3) is 0 Å². The first-order valence-electron chi connectivity index (χ1n) is 8.07. The number of ether oxygens (including phenoxy) is 1. The zero-order chi connectivity index (χ0) is 18.4. The number of likely N-dealkylation sites (tertiary alicyclic amines) is 1. The maximum Gasteiger partial charge on any atom is 0.261 e. The summed E-state index contributed by atoms with van der Waals surface area (Å²) in [5.74, 6) is -0.545. The van der Waals surface area contributed by atoms with Crippen LogP contribution in [-0.2, 0) is 9.53 Å². The van der Waals surface area contributed by atoms with Gasteiger partial charge in [0.1, 0.15) is 19.5 Å². The zero-order valence-corrected chi connectivity index (χ0v) is 14.3. The summed E-state index contributed by atoms with van der Waals surface area (Å²) in [5, 5.41) is 0. The van der Waals surface area contributed by atoms with Crippen molar-refractivity contribution in [2.45, 2.75) is 32.2 Å². The second kappa shape index (κ2) is 8.80. The number of carbonyl (C=O) groups excluding carboxylic acids is 2. The quantitative estimate of drug-likeness (QED) is 0.764. The molecule has 7 nitrogen and oxygen atoms in total. The third kappa shape index (κ3) is 5.15. The number of hydrogen-bond acceptors (Lipinski definition) is 5. The summed E-state index contributed by atoms with van der Waals surface area (Å²) in [4.78, 5) is 35.7. The maximum absolute atomic E-state index is 12.6. The number of amides is 2. The summed E-state index contributed by atoms with van der Waals surface area (Å²) in [6, 6.07) is -0.153. The number of piperidine rings is 1. The lowest BCUT2D eigenvalue weighted by Gasteiger charge is -2.37. The third-order valence-electron chi connectivity index (χ3n) is 4.23. The Morgan fingerprint density at radius 1 is 1.48 bits per heavy atom. The van der Waals surface area contributed by atoms with E-state index in [0.29, 0.717) is 24.3 Å². The smallest absolute Gasteiger partial charge is 0.261 e. The summed E-state index contributed by atoms with van der Waals surface area (Å²) < 4.78 is 28.8. The fourth-order valence-corrected chi connectivity index (χ4v) is 2.78. The van der Waals surface area contributed by atoms with Gasteiger partial charge in [0, 0.05) is 32.4 Å². The van der Waals surface area contributed by atoms with Crippen LogP contribution < -0.4 is 0 Å². The highest BCUT2D eigenvalue weighted by Gasteiger charge is 2.29. The van der Waals surface area contributed by atoms with Crippen LogP contribution in [0.2, 0.25) is 0 Å². The minimum absolute atomic E-state index is 0.153. The highest BCUT2D eigenvalue weighted by Crippen LogP contribution is 2.18. The molecule has 9 heteroatoms. The largest absolute Gasteiger partial charge is 0.366 e. The minimum atomic E-state index is -2.60. The van der Waals surface area contributed by atoms with E-state index in [4.69, 9.17) is 4.74 Å². The monoisotopic (exact) mass is 356 g/mol. The van der Waals surface area contributed by atoms with Gasteiger partial charge in [-0.1, -0.05) is 0 Å². The van der Waals surface area contributed by atoms with Gasteiger partial charge in [0.2, 0.25) is 5.91 Å². The van der Waals surface area contributed by atoms with Crippen LogP contribution in [0.4, 0.5) is 8.78 Å². The van der Waals surface area contributed by atoms with Crippen molar-refractivity contribution in [3.63, 3.8) is 0 Å². The number of aromatic nitrogens is 2. The van der Waals surface area contributed by atoms with E-state index in [1.54, 1.807) is 23.8 Å². The van der Waals surface area contributed by atoms with E-state index in [1.807, 2.05) is 0 Å². The van der Waals surface area contributed by atoms with Crippen molar-refractivity contribution in [3.8, 4) is 0 Å². The second-order valence-electron chi connectivity index (χ2n) is 5.98. The highest BCUT2D eigenvalue weighted by molar-refractivity contribution is 5.95. The van der Waals surface area contributed by atoms with E-state index < -0.39 is 13.0 Å². The van der Waals surface area contributed by atoms with Crippen LogP contribution in [0.3, 0.4) is 0 Å². The molecule has 1 aromatic heterocycles. The molecule has 0 saturated carbocycles. The van der Waals surface area contributed by atoms with Crippen LogP contribution >= 0.6 is 0 Å². The molecule has 1 aromatic rings. The number of aryl methyl sites for hydroxylation is 1. The van der Waals surface area contributed by atoms with Gasteiger partial charge < -0.3 is 14.5 Å². The predicted molar refractivity (Wildman–Crippen MR) is 85.3 cm³/mol. The Bertz CT molecular complexity index is 615. The molecule has 0 aromatic carbocycles. The number of likely N-dealkylation sites (N-methyl/N-ethyl adjacent to an activating group) is 1. The van der Waals surface area contributed by atoms with E-state index in [1.165, 1.54) is 12.5 Å². The molecule has 0 aliphatic carbocycles. The standard InChI is InChI=1S/C16H22F2N4O3/c1-11-13(6-19-10-20-11)16(24)21(2)12-4-3-5-22(7-12)15(23)9-25-8-14(17)18/h6,10,12,14H,3-5,7-9H2,1-2H3. The Labute approximate surface area is 145 Å². The molecular formula is C16H22F2N4O3. The van der Waals surface area contributed by atoms with Crippen molar-refractivity contribution in [3.05, 3.63) is 23.8 Å². The number of carbonyl (C=O) groups is 2. The Hall–Kier alpha value is -2.16. The fraction of sp³-hybridized carbons (Fsp3) is 0.625. The third-order valence-corrected chi connectivity index (χ3v) is 4.23. The minimum Gasteiger partial charge on any atom is -0.366 e. The molecule has 0 N–H and O–H groups in total. The number of alkyl halides is 2. The van der Waals surface area contributed by atoms with Crippen molar-refractivity contribution in [2.75, 3.05) is 33.4 Å². The summed E-state index contributed by atoms with van der Waals surface area (Å²) >= 11 is 0. The molecule has 1 saturated heterocycles. The lowest BCUT2D eigenvalue weighted by molar-refractivity contribution is -0.139. The first kappa shape index (κ1) is 19.2. The van der Waals surface area contributed by atoms with Gasteiger partial charge in [0.05, 0.1) is 11.3 Å². The van der Waals surface area contributed by atoms with Gasteiger partial charge in [0.25, 0.3) is 12.3 Å². The number of halogens is 2. The van der Waals surface area contributed by atoms with E-state index >= 15 is 0 Å². The summed E-state index contributed by atoms with van der Waals surface area (Å²) in [7, 11) is 1.68. The first-order valence-corrected chi connectivity index (χ1v) is 8.07. The molecule has 0 bridgehead atoms. The Morgan fingerprint density at radius 2 is 2.24 bits per heavy atom. The maximum atomic E-state index is 12.6. The topological polar surface area (TPSA) is 75.6 Å². The van der Waals surface area contributed by atoms with Crippen molar-refractivity contribution < 1.29 is 23.1 Å². The number of nitrogens with zero attached hydrogens (tertiary/aromatic N) is 4. The fourth-order valence-electron chi connectivity index (χ4n) is 2.78. The van der Waals surface area contributed by atoms with Gasteiger partial charge in [-0.05, 0) is 19.8 Å². The molecule has 1 aliphatic rings. The Balaban J connectivity index is 1.94. The van der Waals surface area contributed by atoms with E-state index in [0.717, 1.165) is 12.8 Å². The summed E-state index contributed by atoms with van der Waals surface area (Å²) in [6.45, 7) is 1.49. The van der Waals surface area contributed by atoms with Crippen molar-refractivity contribution in [2.24, 2.45) is 0 Å². The molecule has 2 heterocycles. The van der Waals surface area contributed by atoms with Crippen LogP contribution in [0, 0.1) is 6.92 Å². The predicted octanol–water partition coefficient (Wildman–Crippen LogP) is 1.13. The lowest BCUT2D eigenvalue weighted by Crippen LogP contribution is -2.51. The lowest BCUT2D eigenvalue weighted by atomic mass is 10.0. The van der Waals surface area contributed by atoms with Crippen molar-refractivity contribution >= 4 is 11.8 Å². The van der Waals surface area contributed by atoms with E-state index in [-0.39, 0.29) is 24.5 Å². The van der Waals surface area contributed by atoms with Crippen LogP contribution in [0.1, 0.15) is 28.9 Å². The van der Waals surface area contributed by atoms with Gasteiger partial charge in [0.15, 0.2) is 0 Å². The van der Waals surface area contributed by atoms with Crippen molar-refractivity contribution in [1.82, 2.24) is 19.8 Å². The summed E-state index contributed by atoms with van der Waals surface area (Å²) in [5.41, 5.74) is 1.02. The Morgan fingerprint density at radius 3 is 2.92 bits per heavy atom. The number of hydrogen-bond donors (Lipinski definition) is 0. The molecule has 25 heavy (non-hydrogen) atoms. The van der Waals surface area contributed by atoms with E-state index in [9.17, 15) is 18.4 Å². The molecule has 1 atom stereocenters. The molecular weight excluding hydrogens is 334 g/mol. The molecule has 1 fully saturated rings. The van der Waals surface area contributed by atoms with Gasteiger partial charge >= 0.3 is 0 Å². The van der Waals surface area contributed by atoms with E-state index in [2.05, 4.69) is 9.97 Å². The molecule has 1 unspecified atom stereocenters. The normalized spacial score (nSPS) is 17.6. The SMILES string of the molecule is Cc1ncncc1C(=O)N(C)C1CCCN(C(=O)COCC(F)F)C1. The molecule has 0 spiro atoms. The average molecular weight is 356 g/mol. The molecule has 138 valence electrons. The molecule has 1 aliphatic heterocycles. The van der Waals surface area contributed by atoms with Crippen LogP contribution in [0.15, 0.2) is 12.5 Å². The van der Waals surface area contributed by atoms with Crippen LogP contribution in [0.5, 0.6) is 0 Å². The second-order valence-corrected chi connectivity index (χ2v) is 5.98.